The molecule has 2 aromatic rings. The van der Waals surface area contributed by atoms with Crippen molar-refractivity contribution in [1.82, 2.24) is 14.8 Å². The van der Waals surface area contributed by atoms with Crippen LogP contribution in [0.3, 0.4) is 0 Å². The summed E-state index contributed by atoms with van der Waals surface area (Å²) < 4.78 is 1.97. The van der Waals surface area contributed by atoms with Crippen LogP contribution < -0.4 is 5.73 Å². The Hall–Kier alpha value is -1.84. The Morgan fingerprint density at radius 2 is 1.79 bits per heavy atom. The number of nitrogens with zero attached hydrogens (tertiary/aromatic N) is 3. The molecule has 14 heavy (non-hydrogen) atoms. The fourth-order valence-electron chi connectivity index (χ4n) is 1.51. The van der Waals surface area contributed by atoms with Crippen molar-refractivity contribution < 1.29 is 0 Å². The lowest BCUT2D eigenvalue weighted by Crippen LogP contribution is -2.00. The molecule has 1 heterocycles. The molecule has 1 aromatic carbocycles. The van der Waals surface area contributed by atoms with Crippen LogP contribution in [0.5, 0.6) is 0 Å². The number of hydrogen-bond donors (Lipinski definition) is 1. The van der Waals surface area contributed by atoms with Crippen molar-refractivity contribution >= 4 is 5.69 Å². The normalized spacial score (nSPS) is 10.4. The minimum Gasteiger partial charge on any atom is -0.399 e. The second-order valence-corrected chi connectivity index (χ2v) is 3.22. The smallest absolute Gasteiger partial charge is 0.134 e. The van der Waals surface area contributed by atoms with Crippen LogP contribution in [0.1, 0.15) is 11.6 Å². The van der Waals surface area contributed by atoms with Gasteiger partial charge in [0.2, 0.25) is 0 Å². The van der Waals surface area contributed by atoms with Crippen molar-refractivity contribution in [3.63, 3.8) is 0 Å². The van der Waals surface area contributed by atoms with E-state index >= 15 is 0 Å². The van der Waals surface area contributed by atoms with Crippen LogP contribution in [-0.2, 0) is 0 Å². The Labute approximate surface area is 82.4 Å². The van der Waals surface area contributed by atoms with Crippen LogP contribution >= 0.6 is 0 Å². The molecule has 1 aromatic heterocycles. The highest BCUT2D eigenvalue weighted by Gasteiger charge is 2.05. The summed E-state index contributed by atoms with van der Waals surface area (Å²) in [5, 5.41) is 7.99. The summed E-state index contributed by atoms with van der Waals surface area (Å²) in [5.41, 5.74) is 7.46. The largest absolute Gasteiger partial charge is 0.399 e. The van der Waals surface area contributed by atoms with Crippen LogP contribution in [0.4, 0.5) is 5.69 Å². The van der Waals surface area contributed by atoms with Crippen LogP contribution in [0, 0.1) is 13.8 Å². The summed E-state index contributed by atoms with van der Waals surface area (Å²) in [7, 11) is 0. The second kappa shape index (κ2) is 3.14. The SMILES string of the molecule is Cc1nnc(C)n1-c1cccc(N)c1. The van der Waals surface area contributed by atoms with Gasteiger partial charge in [-0.2, -0.15) is 0 Å². The third kappa shape index (κ3) is 1.35. The molecule has 0 atom stereocenters. The summed E-state index contributed by atoms with van der Waals surface area (Å²) in [6.45, 7) is 3.84. The van der Waals surface area contributed by atoms with E-state index in [0.29, 0.717) is 0 Å². The predicted octanol–water partition coefficient (Wildman–Crippen LogP) is 1.47. The van der Waals surface area contributed by atoms with Gasteiger partial charge in [-0.25, -0.2) is 0 Å². The van der Waals surface area contributed by atoms with Gasteiger partial charge in [-0.05, 0) is 32.0 Å². The highest BCUT2D eigenvalue weighted by atomic mass is 15.3. The monoisotopic (exact) mass is 188 g/mol. The Kier molecular flexibility index (Phi) is 1.96. The number of benzene rings is 1. The molecule has 2 rings (SSSR count). The molecule has 0 radical (unpaired) electrons. The molecule has 0 amide bonds. The first-order valence-corrected chi connectivity index (χ1v) is 4.43. The molecule has 0 unspecified atom stereocenters. The average Bonchev–Trinajstić information content (AvgIpc) is 2.46. The van der Waals surface area contributed by atoms with Crippen molar-refractivity contribution in [3.8, 4) is 5.69 Å². The van der Waals surface area contributed by atoms with Gasteiger partial charge in [0.1, 0.15) is 11.6 Å². The first-order chi connectivity index (χ1) is 6.68. The van der Waals surface area contributed by atoms with Gasteiger partial charge in [0.15, 0.2) is 0 Å². The maximum atomic E-state index is 5.71. The molecule has 2 N–H and O–H groups in total. The zero-order chi connectivity index (χ0) is 10.1. The molecule has 0 fully saturated rings. The van der Waals surface area contributed by atoms with Crippen LogP contribution in [0.2, 0.25) is 0 Å². The molecule has 0 saturated carbocycles. The molecular formula is C10H12N4. The summed E-state index contributed by atoms with van der Waals surface area (Å²) in [5.74, 6) is 1.74. The molecule has 0 aliphatic carbocycles. The lowest BCUT2D eigenvalue weighted by atomic mass is 10.3. The van der Waals surface area contributed by atoms with E-state index in [9.17, 15) is 0 Å². The molecule has 4 heteroatoms. The maximum Gasteiger partial charge on any atom is 0.134 e. The zero-order valence-corrected chi connectivity index (χ0v) is 8.23. The molecule has 4 nitrogen and oxygen atoms in total. The highest BCUT2D eigenvalue weighted by molar-refractivity contribution is 5.48. The first kappa shape index (κ1) is 8.74. The van der Waals surface area contributed by atoms with Crippen LogP contribution in [0.25, 0.3) is 5.69 Å². The summed E-state index contributed by atoms with van der Waals surface area (Å²) in [6.07, 6.45) is 0. The van der Waals surface area contributed by atoms with E-state index in [-0.39, 0.29) is 0 Å². The van der Waals surface area contributed by atoms with Crippen LogP contribution in [-0.4, -0.2) is 14.8 Å². The number of rotatable bonds is 1. The second-order valence-electron chi connectivity index (χ2n) is 3.22. The molecular weight excluding hydrogens is 176 g/mol. The Morgan fingerprint density at radius 3 is 2.36 bits per heavy atom. The number of nitrogen functional groups attached to an aromatic ring is 1. The van der Waals surface area contributed by atoms with Gasteiger partial charge < -0.3 is 5.73 Å². The Morgan fingerprint density at radius 1 is 1.14 bits per heavy atom. The van der Waals surface area contributed by atoms with Gasteiger partial charge in [-0.3, -0.25) is 4.57 Å². The third-order valence-corrected chi connectivity index (χ3v) is 2.12. The lowest BCUT2D eigenvalue weighted by molar-refractivity contribution is 0.938. The minimum atomic E-state index is 0.745. The molecule has 72 valence electrons. The van der Waals surface area contributed by atoms with Crippen molar-refractivity contribution in [3.05, 3.63) is 35.9 Å². The van der Waals surface area contributed by atoms with Gasteiger partial charge in [0.25, 0.3) is 0 Å². The molecule has 0 aliphatic rings. The van der Waals surface area contributed by atoms with E-state index in [0.717, 1.165) is 23.0 Å². The number of nitrogens with two attached hydrogens (primary N) is 1. The van der Waals surface area contributed by atoms with E-state index in [4.69, 9.17) is 5.73 Å². The summed E-state index contributed by atoms with van der Waals surface area (Å²) in [6, 6.07) is 7.67. The molecule has 0 saturated heterocycles. The van der Waals surface area contributed by atoms with E-state index in [1.165, 1.54) is 0 Å². The average molecular weight is 188 g/mol. The molecule has 0 aliphatic heterocycles. The number of anilines is 1. The van der Waals surface area contributed by atoms with Gasteiger partial charge in [0, 0.05) is 5.69 Å². The summed E-state index contributed by atoms with van der Waals surface area (Å²) >= 11 is 0. The lowest BCUT2D eigenvalue weighted by Gasteiger charge is -2.06. The topological polar surface area (TPSA) is 56.7 Å². The first-order valence-electron chi connectivity index (χ1n) is 4.43. The number of hydrogen-bond acceptors (Lipinski definition) is 3. The third-order valence-electron chi connectivity index (χ3n) is 2.12. The van der Waals surface area contributed by atoms with E-state index in [1.54, 1.807) is 0 Å². The molecule has 0 bridgehead atoms. The summed E-state index contributed by atoms with van der Waals surface area (Å²) in [4.78, 5) is 0. The van der Waals surface area contributed by atoms with Gasteiger partial charge in [0.05, 0.1) is 5.69 Å². The fourth-order valence-corrected chi connectivity index (χ4v) is 1.51. The Balaban J connectivity index is 2.59. The van der Waals surface area contributed by atoms with E-state index in [2.05, 4.69) is 10.2 Å². The molecule has 0 spiro atoms. The number of aryl methyl sites for hydroxylation is 2. The van der Waals surface area contributed by atoms with Gasteiger partial charge in [-0.1, -0.05) is 6.07 Å². The van der Waals surface area contributed by atoms with Crippen molar-refractivity contribution in [2.24, 2.45) is 0 Å². The fraction of sp³-hybridized carbons (Fsp3) is 0.200. The van der Waals surface area contributed by atoms with Crippen LogP contribution in [0.15, 0.2) is 24.3 Å². The zero-order valence-electron chi connectivity index (χ0n) is 8.23. The Bertz CT molecular complexity index is 439. The van der Waals surface area contributed by atoms with Crippen molar-refractivity contribution in [2.75, 3.05) is 5.73 Å². The van der Waals surface area contributed by atoms with E-state index in [1.807, 2.05) is 42.7 Å². The maximum absolute atomic E-state index is 5.71. The van der Waals surface area contributed by atoms with Gasteiger partial charge >= 0.3 is 0 Å². The van der Waals surface area contributed by atoms with Crippen molar-refractivity contribution in [2.45, 2.75) is 13.8 Å². The predicted molar refractivity (Wildman–Crippen MR) is 55.2 cm³/mol. The minimum absolute atomic E-state index is 0.745. The van der Waals surface area contributed by atoms with Gasteiger partial charge in [-0.15, -0.1) is 10.2 Å². The number of aromatic nitrogens is 3. The van der Waals surface area contributed by atoms with E-state index < -0.39 is 0 Å². The standard InChI is InChI=1S/C10H12N4/c1-7-12-13-8(2)14(7)10-5-3-4-9(11)6-10/h3-6H,11H2,1-2H3. The highest BCUT2D eigenvalue weighted by Crippen LogP contribution is 2.14. The quantitative estimate of drug-likeness (QED) is 0.689. The van der Waals surface area contributed by atoms with Crippen molar-refractivity contribution in [1.29, 1.82) is 0 Å².